The van der Waals surface area contributed by atoms with Gasteiger partial charge in [-0.2, -0.15) is 0 Å². The summed E-state index contributed by atoms with van der Waals surface area (Å²) in [5.41, 5.74) is 2.56. The average molecular weight is 378 g/mol. The van der Waals surface area contributed by atoms with E-state index in [9.17, 15) is 14.9 Å². The van der Waals surface area contributed by atoms with E-state index in [1.165, 1.54) is 24.3 Å². The maximum Gasteiger partial charge on any atom is 0.269 e. The summed E-state index contributed by atoms with van der Waals surface area (Å²) in [7, 11) is 3.18. The van der Waals surface area contributed by atoms with Crippen LogP contribution in [0.1, 0.15) is 10.4 Å². The van der Waals surface area contributed by atoms with E-state index in [1.54, 1.807) is 26.4 Å². The van der Waals surface area contributed by atoms with Gasteiger partial charge in [0.2, 0.25) is 0 Å². The quantitative estimate of drug-likeness (QED) is 0.503. The first kappa shape index (κ1) is 18.9. The zero-order valence-electron chi connectivity index (χ0n) is 15.3. The highest BCUT2D eigenvalue weighted by Crippen LogP contribution is 2.33. The number of amides is 1. The number of carbonyl (C=O) groups is 1. The predicted molar refractivity (Wildman–Crippen MR) is 106 cm³/mol. The van der Waals surface area contributed by atoms with Gasteiger partial charge in [0.25, 0.3) is 11.6 Å². The van der Waals surface area contributed by atoms with Crippen molar-refractivity contribution in [3.63, 3.8) is 0 Å². The van der Waals surface area contributed by atoms with Gasteiger partial charge in [-0.15, -0.1) is 0 Å². The second kappa shape index (κ2) is 8.22. The molecule has 0 unspecified atom stereocenters. The number of rotatable bonds is 6. The molecule has 0 radical (unpaired) electrons. The van der Waals surface area contributed by atoms with Gasteiger partial charge in [0, 0.05) is 28.9 Å². The van der Waals surface area contributed by atoms with Crippen molar-refractivity contribution >= 4 is 17.3 Å². The Bertz CT molecular complexity index is 998. The molecule has 3 rings (SSSR count). The van der Waals surface area contributed by atoms with Gasteiger partial charge in [-0.05, 0) is 48.0 Å². The molecule has 0 bridgehead atoms. The fraction of sp³-hybridized carbons (Fsp3) is 0.0952. The molecule has 3 aromatic carbocycles. The minimum Gasteiger partial charge on any atom is -0.497 e. The van der Waals surface area contributed by atoms with Crippen LogP contribution in [0.2, 0.25) is 0 Å². The van der Waals surface area contributed by atoms with Gasteiger partial charge >= 0.3 is 0 Å². The number of non-ortho nitro benzene ring substituents is 1. The van der Waals surface area contributed by atoms with Crippen LogP contribution in [0.4, 0.5) is 11.4 Å². The second-order valence-electron chi connectivity index (χ2n) is 5.90. The van der Waals surface area contributed by atoms with Crippen molar-refractivity contribution in [3.8, 4) is 22.6 Å². The Morgan fingerprint density at radius 1 is 0.929 bits per heavy atom. The van der Waals surface area contributed by atoms with E-state index in [0.717, 1.165) is 16.9 Å². The zero-order valence-corrected chi connectivity index (χ0v) is 15.3. The molecule has 0 aromatic heterocycles. The molecular weight excluding hydrogens is 360 g/mol. The number of carbonyl (C=O) groups excluding carboxylic acids is 1. The van der Waals surface area contributed by atoms with Crippen LogP contribution in [-0.2, 0) is 0 Å². The van der Waals surface area contributed by atoms with Crippen LogP contribution in [-0.4, -0.2) is 25.1 Å². The van der Waals surface area contributed by atoms with E-state index >= 15 is 0 Å². The summed E-state index contributed by atoms with van der Waals surface area (Å²) in [6.07, 6.45) is 0. The number of nitro benzene ring substituents is 1. The fourth-order valence-electron chi connectivity index (χ4n) is 2.72. The van der Waals surface area contributed by atoms with E-state index in [0.29, 0.717) is 17.0 Å². The lowest BCUT2D eigenvalue weighted by Crippen LogP contribution is -2.12. The maximum atomic E-state index is 12.5. The normalized spacial score (nSPS) is 10.2. The van der Waals surface area contributed by atoms with Crippen molar-refractivity contribution in [2.75, 3.05) is 19.5 Å². The summed E-state index contributed by atoms with van der Waals surface area (Å²) in [5, 5.41) is 13.5. The molecule has 7 heteroatoms. The molecule has 0 fully saturated rings. The Hall–Kier alpha value is -3.87. The number of nitrogens with one attached hydrogen (secondary N) is 1. The van der Waals surface area contributed by atoms with Gasteiger partial charge in [0.1, 0.15) is 11.5 Å². The minimum atomic E-state index is -0.508. The van der Waals surface area contributed by atoms with Crippen molar-refractivity contribution in [1.29, 1.82) is 0 Å². The molecule has 0 aliphatic carbocycles. The first-order chi connectivity index (χ1) is 13.5. The Morgan fingerprint density at radius 2 is 1.61 bits per heavy atom. The standard InChI is InChI=1S/C21H18N2O5/c1-27-18-10-5-14(6-11-18)19-13-16(7-12-20(19)28-2)22-21(24)15-3-8-17(9-4-15)23(25)26/h3-13H,1-2H3,(H,22,24). The summed E-state index contributed by atoms with van der Waals surface area (Å²) < 4.78 is 10.6. The van der Waals surface area contributed by atoms with E-state index in [4.69, 9.17) is 9.47 Å². The summed E-state index contributed by atoms with van der Waals surface area (Å²) in [6.45, 7) is 0. The molecule has 142 valence electrons. The van der Waals surface area contributed by atoms with Gasteiger partial charge < -0.3 is 14.8 Å². The third-order valence-electron chi connectivity index (χ3n) is 4.20. The average Bonchev–Trinajstić information content (AvgIpc) is 2.73. The molecule has 0 heterocycles. The number of ether oxygens (including phenoxy) is 2. The number of nitrogens with zero attached hydrogens (tertiary/aromatic N) is 1. The summed E-state index contributed by atoms with van der Waals surface area (Å²) >= 11 is 0. The smallest absolute Gasteiger partial charge is 0.269 e. The van der Waals surface area contributed by atoms with E-state index in [1.807, 2.05) is 30.3 Å². The van der Waals surface area contributed by atoms with Crippen molar-refractivity contribution in [3.05, 3.63) is 82.4 Å². The third-order valence-corrected chi connectivity index (χ3v) is 4.20. The van der Waals surface area contributed by atoms with Gasteiger partial charge in [-0.3, -0.25) is 14.9 Å². The number of benzene rings is 3. The van der Waals surface area contributed by atoms with Crippen molar-refractivity contribution in [2.24, 2.45) is 0 Å². The number of hydrogen-bond donors (Lipinski definition) is 1. The molecule has 0 spiro atoms. The molecule has 3 aromatic rings. The lowest BCUT2D eigenvalue weighted by Gasteiger charge is -2.12. The lowest BCUT2D eigenvalue weighted by molar-refractivity contribution is -0.384. The summed E-state index contributed by atoms with van der Waals surface area (Å²) in [5.74, 6) is 1.05. The molecule has 1 N–H and O–H groups in total. The Morgan fingerprint density at radius 3 is 2.18 bits per heavy atom. The van der Waals surface area contributed by atoms with Crippen LogP contribution in [0.15, 0.2) is 66.7 Å². The highest BCUT2D eigenvalue weighted by Gasteiger charge is 2.12. The fourth-order valence-corrected chi connectivity index (χ4v) is 2.72. The first-order valence-electron chi connectivity index (χ1n) is 8.40. The molecule has 0 aliphatic rings. The third kappa shape index (κ3) is 4.09. The molecule has 0 atom stereocenters. The Balaban J connectivity index is 1.86. The Kier molecular flexibility index (Phi) is 5.55. The lowest BCUT2D eigenvalue weighted by atomic mass is 10.0. The minimum absolute atomic E-state index is 0.0669. The van der Waals surface area contributed by atoms with Gasteiger partial charge in [0.05, 0.1) is 19.1 Å². The molecule has 0 saturated carbocycles. The zero-order chi connectivity index (χ0) is 20.1. The van der Waals surface area contributed by atoms with Gasteiger partial charge in [-0.25, -0.2) is 0 Å². The van der Waals surface area contributed by atoms with Crippen LogP contribution in [0.3, 0.4) is 0 Å². The van der Waals surface area contributed by atoms with Gasteiger partial charge in [-0.1, -0.05) is 12.1 Å². The highest BCUT2D eigenvalue weighted by molar-refractivity contribution is 6.04. The van der Waals surface area contributed by atoms with Crippen LogP contribution in [0.5, 0.6) is 11.5 Å². The first-order valence-corrected chi connectivity index (χ1v) is 8.40. The molecule has 0 aliphatic heterocycles. The van der Waals surface area contributed by atoms with E-state index in [-0.39, 0.29) is 11.6 Å². The largest absolute Gasteiger partial charge is 0.497 e. The van der Waals surface area contributed by atoms with E-state index < -0.39 is 4.92 Å². The van der Waals surface area contributed by atoms with Crippen LogP contribution < -0.4 is 14.8 Å². The number of hydrogen-bond acceptors (Lipinski definition) is 5. The SMILES string of the molecule is COc1ccc(-c2cc(NC(=O)c3ccc([N+](=O)[O-])cc3)ccc2OC)cc1. The molecule has 1 amide bonds. The summed E-state index contributed by atoms with van der Waals surface area (Å²) in [4.78, 5) is 22.7. The van der Waals surface area contributed by atoms with Crippen molar-refractivity contribution in [2.45, 2.75) is 0 Å². The van der Waals surface area contributed by atoms with Crippen LogP contribution >= 0.6 is 0 Å². The maximum absolute atomic E-state index is 12.5. The predicted octanol–water partition coefficient (Wildman–Crippen LogP) is 4.53. The van der Waals surface area contributed by atoms with Crippen molar-refractivity contribution in [1.82, 2.24) is 0 Å². The Labute approximate surface area is 161 Å². The number of anilines is 1. The van der Waals surface area contributed by atoms with Crippen LogP contribution in [0, 0.1) is 10.1 Å². The summed E-state index contributed by atoms with van der Waals surface area (Å²) in [6, 6.07) is 18.2. The van der Waals surface area contributed by atoms with Gasteiger partial charge in [0.15, 0.2) is 0 Å². The molecule has 0 saturated heterocycles. The highest BCUT2D eigenvalue weighted by atomic mass is 16.6. The van der Waals surface area contributed by atoms with E-state index in [2.05, 4.69) is 5.32 Å². The number of methoxy groups -OCH3 is 2. The van der Waals surface area contributed by atoms with Crippen molar-refractivity contribution < 1.29 is 19.2 Å². The van der Waals surface area contributed by atoms with Crippen LogP contribution in [0.25, 0.3) is 11.1 Å². The monoisotopic (exact) mass is 378 g/mol. The second-order valence-corrected chi connectivity index (χ2v) is 5.90. The molecular formula is C21H18N2O5. The molecule has 28 heavy (non-hydrogen) atoms. The topological polar surface area (TPSA) is 90.7 Å². The number of nitro groups is 1. The molecule has 7 nitrogen and oxygen atoms in total.